The molecule has 0 radical (unpaired) electrons. The lowest BCUT2D eigenvalue weighted by atomic mass is 9.85. The van der Waals surface area contributed by atoms with E-state index in [1.54, 1.807) is 6.07 Å². The number of thiophene rings is 1. The molecule has 6 nitrogen and oxygen atoms in total. The second kappa shape index (κ2) is 8.54. The summed E-state index contributed by atoms with van der Waals surface area (Å²) >= 11 is 1.12. The van der Waals surface area contributed by atoms with Crippen LogP contribution in [0, 0.1) is 17.8 Å². The van der Waals surface area contributed by atoms with E-state index in [0.717, 1.165) is 55.1 Å². The number of anilines is 1. The van der Waals surface area contributed by atoms with Gasteiger partial charge < -0.3 is 4.90 Å². The highest BCUT2D eigenvalue weighted by Gasteiger charge is 2.40. The van der Waals surface area contributed by atoms with Crippen LogP contribution in [-0.4, -0.2) is 57.0 Å². The van der Waals surface area contributed by atoms with Crippen LogP contribution in [0.25, 0.3) is 10.2 Å². The van der Waals surface area contributed by atoms with Crippen molar-refractivity contribution in [1.82, 2.24) is 24.6 Å². The van der Waals surface area contributed by atoms with Gasteiger partial charge in [0, 0.05) is 49.4 Å². The van der Waals surface area contributed by atoms with E-state index in [1.807, 2.05) is 17.9 Å². The molecule has 1 unspecified atom stereocenters. The molecular formula is C23H29F3N6S. The van der Waals surface area contributed by atoms with Crippen LogP contribution in [0.4, 0.5) is 19.0 Å². The number of alkyl halides is 3. The largest absolute Gasteiger partial charge is 0.393 e. The number of halogens is 3. The Morgan fingerprint density at radius 1 is 1.15 bits per heavy atom. The summed E-state index contributed by atoms with van der Waals surface area (Å²) in [7, 11) is 1.95. The Kier molecular flexibility index (Phi) is 5.84. The van der Waals surface area contributed by atoms with Gasteiger partial charge in [-0.1, -0.05) is 13.8 Å². The van der Waals surface area contributed by atoms with Gasteiger partial charge in [-0.05, 0) is 36.8 Å². The summed E-state index contributed by atoms with van der Waals surface area (Å²) in [5.41, 5.74) is 1.26. The fraction of sp³-hybridized carbons (Fsp3) is 0.609. The number of hydrogen-bond acceptors (Lipinski definition) is 6. The minimum Gasteiger partial charge on any atom is -0.355 e. The number of likely N-dealkylation sites (tertiary alicyclic amines) is 1. The molecule has 0 aliphatic carbocycles. The summed E-state index contributed by atoms with van der Waals surface area (Å²) in [6, 6.07) is 1.97. The Morgan fingerprint density at radius 3 is 2.64 bits per heavy atom. The van der Waals surface area contributed by atoms with Crippen molar-refractivity contribution in [1.29, 1.82) is 0 Å². The quantitative estimate of drug-likeness (QED) is 0.533. The van der Waals surface area contributed by atoms with Crippen LogP contribution in [0.1, 0.15) is 36.8 Å². The van der Waals surface area contributed by atoms with E-state index in [-0.39, 0.29) is 0 Å². The molecule has 2 aliphatic heterocycles. The second-order valence-corrected chi connectivity index (χ2v) is 10.9. The van der Waals surface area contributed by atoms with E-state index >= 15 is 0 Å². The molecule has 0 aromatic carbocycles. The first-order valence-electron chi connectivity index (χ1n) is 11.5. The van der Waals surface area contributed by atoms with E-state index in [0.29, 0.717) is 33.5 Å². The molecular weight excluding hydrogens is 449 g/mol. The summed E-state index contributed by atoms with van der Waals surface area (Å²) in [6.07, 6.45) is 1.55. The molecule has 2 fully saturated rings. The van der Waals surface area contributed by atoms with Gasteiger partial charge >= 0.3 is 6.18 Å². The fourth-order valence-corrected chi connectivity index (χ4v) is 6.68. The second-order valence-electron chi connectivity index (χ2n) is 9.77. The summed E-state index contributed by atoms with van der Waals surface area (Å²) in [5.74, 6) is 2.33. The number of piperidine rings is 1. The van der Waals surface area contributed by atoms with Crippen molar-refractivity contribution < 1.29 is 13.2 Å². The third-order valence-corrected chi connectivity index (χ3v) is 8.00. The average Bonchev–Trinajstić information content (AvgIpc) is 3.43. The third kappa shape index (κ3) is 4.59. The molecule has 0 N–H and O–H groups in total. The topological polar surface area (TPSA) is 50.1 Å². The molecule has 3 atom stereocenters. The summed E-state index contributed by atoms with van der Waals surface area (Å²) in [5, 5.41) is 5.13. The molecule has 3 aromatic heterocycles. The van der Waals surface area contributed by atoms with Crippen LogP contribution in [0.15, 0.2) is 24.8 Å². The maximum atomic E-state index is 12.9. The molecule has 0 amide bonds. The van der Waals surface area contributed by atoms with Gasteiger partial charge in [-0.25, -0.2) is 9.97 Å². The first-order chi connectivity index (χ1) is 15.7. The summed E-state index contributed by atoms with van der Waals surface area (Å²) in [4.78, 5) is 14.5. The number of aromatic nitrogens is 4. The first-order valence-corrected chi connectivity index (χ1v) is 12.3. The van der Waals surface area contributed by atoms with Crippen LogP contribution < -0.4 is 4.90 Å². The average molecular weight is 479 g/mol. The van der Waals surface area contributed by atoms with Crippen LogP contribution in [0.3, 0.4) is 0 Å². The number of aryl methyl sites for hydroxylation is 1. The van der Waals surface area contributed by atoms with Gasteiger partial charge in [-0.3, -0.25) is 9.58 Å². The number of hydrogen-bond donors (Lipinski definition) is 0. The monoisotopic (exact) mass is 478 g/mol. The van der Waals surface area contributed by atoms with Gasteiger partial charge in [0.15, 0.2) is 0 Å². The smallest absolute Gasteiger partial charge is 0.355 e. The van der Waals surface area contributed by atoms with Gasteiger partial charge in [0.2, 0.25) is 0 Å². The van der Waals surface area contributed by atoms with Crippen LogP contribution in [0.2, 0.25) is 0 Å². The minimum atomic E-state index is -4.22. The standard InChI is InChI=1S/C23H29F3N6S/c1-14(2)20(16-8-29-30(3)9-16)31-5-4-15-10-32(12-17(15)11-31)21-19-6-18(7-23(24,25)26)33-22(19)28-13-27-21/h6,8-9,13-15,17,20H,4-5,7,10-12H2,1-3H3/t15-,17+,20?/m0/s1. The Morgan fingerprint density at radius 2 is 1.94 bits per heavy atom. The molecule has 2 saturated heterocycles. The van der Waals surface area contributed by atoms with Crippen molar-refractivity contribution in [2.75, 3.05) is 31.1 Å². The van der Waals surface area contributed by atoms with Crippen LogP contribution in [0.5, 0.6) is 0 Å². The Bertz CT molecular complexity index is 1120. The molecule has 5 heterocycles. The third-order valence-electron chi connectivity index (χ3n) is 6.96. The molecule has 0 saturated carbocycles. The maximum absolute atomic E-state index is 12.9. The Hall–Kier alpha value is -2.20. The zero-order valence-electron chi connectivity index (χ0n) is 19.1. The van der Waals surface area contributed by atoms with E-state index in [9.17, 15) is 13.2 Å². The highest BCUT2D eigenvalue weighted by Crippen LogP contribution is 2.41. The van der Waals surface area contributed by atoms with Crippen LogP contribution in [-0.2, 0) is 13.5 Å². The van der Waals surface area contributed by atoms with Crippen molar-refractivity contribution >= 4 is 27.4 Å². The highest BCUT2D eigenvalue weighted by atomic mass is 32.1. The fourth-order valence-electron chi connectivity index (χ4n) is 5.66. The van der Waals surface area contributed by atoms with Crippen molar-refractivity contribution in [2.24, 2.45) is 24.8 Å². The van der Waals surface area contributed by atoms with Gasteiger partial charge in [-0.15, -0.1) is 11.3 Å². The Balaban J connectivity index is 1.35. The predicted octanol–water partition coefficient (Wildman–Crippen LogP) is 4.69. The minimum absolute atomic E-state index is 0.290. The molecule has 0 spiro atoms. The van der Waals surface area contributed by atoms with Crippen molar-refractivity contribution in [3.05, 3.63) is 35.2 Å². The van der Waals surface area contributed by atoms with Gasteiger partial charge in [-0.2, -0.15) is 18.3 Å². The zero-order chi connectivity index (χ0) is 23.3. The summed E-state index contributed by atoms with van der Waals surface area (Å²) < 4.78 is 40.6. The first kappa shape index (κ1) is 22.6. The van der Waals surface area contributed by atoms with Crippen molar-refractivity contribution in [3.63, 3.8) is 0 Å². The lowest BCUT2D eigenvalue weighted by Crippen LogP contribution is -2.43. The van der Waals surface area contributed by atoms with Crippen molar-refractivity contribution in [2.45, 2.75) is 38.9 Å². The maximum Gasteiger partial charge on any atom is 0.393 e. The van der Waals surface area contributed by atoms with E-state index < -0.39 is 12.6 Å². The normalized spacial score (nSPS) is 22.9. The van der Waals surface area contributed by atoms with Gasteiger partial charge in [0.1, 0.15) is 17.0 Å². The molecule has 178 valence electrons. The number of fused-ring (bicyclic) bond motifs is 2. The number of nitrogens with zero attached hydrogens (tertiary/aromatic N) is 6. The molecule has 0 bridgehead atoms. The van der Waals surface area contributed by atoms with E-state index in [4.69, 9.17) is 0 Å². The van der Waals surface area contributed by atoms with Crippen LogP contribution >= 0.6 is 11.3 Å². The van der Waals surface area contributed by atoms with Gasteiger partial charge in [0.05, 0.1) is 18.0 Å². The predicted molar refractivity (Wildman–Crippen MR) is 123 cm³/mol. The molecule has 10 heteroatoms. The number of rotatable bonds is 5. The molecule has 2 aliphatic rings. The highest BCUT2D eigenvalue weighted by molar-refractivity contribution is 7.18. The van der Waals surface area contributed by atoms with Gasteiger partial charge in [0.25, 0.3) is 0 Å². The lowest BCUT2D eigenvalue weighted by molar-refractivity contribution is -0.126. The van der Waals surface area contributed by atoms with Crippen molar-refractivity contribution in [3.8, 4) is 0 Å². The Labute approximate surface area is 195 Å². The molecule has 33 heavy (non-hydrogen) atoms. The van der Waals surface area contributed by atoms with E-state index in [2.05, 4.69) is 44.9 Å². The van der Waals surface area contributed by atoms with E-state index in [1.165, 1.54) is 11.9 Å². The molecule has 3 aromatic rings. The summed E-state index contributed by atoms with van der Waals surface area (Å²) in [6.45, 7) is 8.34. The zero-order valence-corrected chi connectivity index (χ0v) is 19.9. The lowest BCUT2D eigenvalue weighted by Gasteiger charge is -2.40. The SMILES string of the molecule is CC(C)C(c1cnn(C)c1)N1CC[C@H]2CN(c3ncnc4sc(CC(F)(F)F)cc34)C[C@H]2C1. The molecule has 5 rings (SSSR count).